The molecule has 0 saturated carbocycles. The van der Waals surface area contributed by atoms with Crippen molar-refractivity contribution >= 4 is 17.4 Å². The van der Waals surface area contributed by atoms with Gasteiger partial charge in [0.05, 0.1) is 0 Å². The lowest BCUT2D eigenvalue weighted by molar-refractivity contribution is 0.229. The summed E-state index contributed by atoms with van der Waals surface area (Å²) in [6, 6.07) is 3.16. The minimum atomic E-state index is 0.347. The molecule has 2 unspecified atom stereocenters. The van der Waals surface area contributed by atoms with Crippen molar-refractivity contribution in [3.63, 3.8) is 0 Å². The van der Waals surface area contributed by atoms with Crippen LogP contribution in [0.25, 0.3) is 0 Å². The highest BCUT2D eigenvalue weighted by Gasteiger charge is 2.40. The second-order valence-electron chi connectivity index (χ2n) is 4.83. The lowest BCUT2D eigenvalue weighted by Gasteiger charge is -2.41. The highest BCUT2D eigenvalue weighted by molar-refractivity contribution is 6.28. The number of rotatable bonds is 2. The minimum Gasteiger partial charge on any atom is -0.348 e. The Labute approximate surface area is 107 Å². The van der Waals surface area contributed by atoms with Gasteiger partial charge in [0.2, 0.25) is 5.28 Å². The van der Waals surface area contributed by atoms with E-state index in [-0.39, 0.29) is 0 Å². The molecule has 2 atom stereocenters. The molecule has 0 spiro atoms. The van der Waals surface area contributed by atoms with Crippen molar-refractivity contribution in [2.45, 2.75) is 31.8 Å². The van der Waals surface area contributed by atoms with Crippen LogP contribution in [0.5, 0.6) is 0 Å². The van der Waals surface area contributed by atoms with Crippen LogP contribution in [0.15, 0.2) is 12.3 Å². The van der Waals surface area contributed by atoms with E-state index in [1.54, 1.807) is 6.20 Å². The average molecular weight is 253 g/mol. The highest BCUT2D eigenvalue weighted by Crippen LogP contribution is 2.33. The van der Waals surface area contributed by atoms with Crippen LogP contribution in [0, 0.1) is 0 Å². The fourth-order valence-electron chi connectivity index (χ4n) is 3.09. The molecule has 0 radical (unpaired) electrons. The number of hydrogen-bond donors (Lipinski definition) is 0. The van der Waals surface area contributed by atoms with Crippen molar-refractivity contribution in [2.24, 2.45) is 0 Å². The quantitative estimate of drug-likeness (QED) is 0.752. The van der Waals surface area contributed by atoms with Gasteiger partial charge in [0.1, 0.15) is 5.82 Å². The van der Waals surface area contributed by atoms with Gasteiger partial charge in [-0.25, -0.2) is 9.97 Å². The summed E-state index contributed by atoms with van der Waals surface area (Å²) in [5.74, 6) is 0.994. The maximum atomic E-state index is 5.88. The summed E-state index contributed by atoms with van der Waals surface area (Å²) in [6.07, 6.45) is 4.28. The second-order valence-corrected chi connectivity index (χ2v) is 5.17. The van der Waals surface area contributed by atoms with Crippen molar-refractivity contribution in [1.29, 1.82) is 0 Å². The number of likely N-dealkylation sites (N-methyl/N-ethyl adjacent to an activating group) is 1. The van der Waals surface area contributed by atoms with Crippen molar-refractivity contribution in [3.05, 3.63) is 17.5 Å². The van der Waals surface area contributed by atoms with E-state index >= 15 is 0 Å². The first kappa shape index (κ1) is 11.2. The Morgan fingerprint density at radius 3 is 2.65 bits per heavy atom. The Balaban J connectivity index is 1.86. The van der Waals surface area contributed by atoms with Crippen LogP contribution < -0.4 is 4.90 Å². The van der Waals surface area contributed by atoms with Gasteiger partial charge in [0.25, 0.3) is 0 Å². The van der Waals surface area contributed by atoms with Crippen LogP contribution in [0.3, 0.4) is 0 Å². The zero-order valence-corrected chi connectivity index (χ0v) is 10.8. The van der Waals surface area contributed by atoms with E-state index in [0.717, 1.165) is 25.5 Å². The van der Waals surface area contributed by atoms with Crippen molar-refractivity contribution in [1.82, 2.24) is 14.9 Å². The molecule has 0 aromatic carbocycles. The van der Waals surface area contributed by atoms with Gasteiger partial charge in [-0.2, -0.15) is 0 Å². The molecule has 0 aliphatic carbocycles. The predicted octanol–water partition coefficient (Wildman–Crippen LogP) is 1.80. The summed E-state index contributed by atoms with van der Waals surface area (Å²) in [7, 11) is 0. The molecule has 4 nitrogen and oxygen atoms in total. The third-order valence-electron chi connectivity index (χ3n) is 3.88. The van der Waals surface area contributed by atoms with E-state index in [9.17, 15) is 0 Å². The molecule has 17 heavy (non-hydrogen) atoms. The first-order valence-electron chi connectivity index (χ1n) is 6.27. The van der Waals surface area contributed by atoms with Gasteiger partial charge in [-0.3, -0.25) is 4.90 Å². The van der Waals surface area contributed by atoms with Gasteiger partial charge >= 0.3 is 0 Å². The van der Waals surface area contributed by atoms with E-state index in [1.807, 2.05) is 6.07 Å². The normalized spacial score (nSPS) is 28.7. The largest absolute Gasteiger partial charge is 0.348 e. The topological polar surface area (TPSA) is 32.3 Å². The fraction of sp³-hybridized carbons (Fsp3) is 0.667. The van der Waals surface area contributed by atoms with Crippen LogP contribution in [0.4, 0.5) is 5.82 Å². The Hall–Kier alpha value is -0.870. The maximum Gasteiger partial charge on any atom is 0.224 e. The monoisotopic (exact) mass is 252 g/mol. The van der Waals surface area contributed by atoms with Gasteiger partial charge in [0, 0.05) is 31.4 Å². The fourth-order valence-corrected chi connectivity index (χ4v) is 3.24. The average Bonchev–Trinajstić information content (AvgIpc) is 2.60. The zero-order valence-electron chi connectivity index (χ0n) is 10.0. The Kier molecular flexibility index (Phi) is 2.92. The number of hydrogen-bond acceptors (Lipinski definition) is 4. The third-order valence-corrected chi connectivity index (χ3v) is 4.06. The highest BCUT2D eigenvalue weighted by atomic mass is 35.5. The maximum absolute atomic E-state index is 5.88. The molecule has 3 heterocycles. The molecule has 5 heteroatoms. The predicted molar refractivity (Wildman–Crippen MR) is 68.4 cm³/mol. The standard InChI is InChI=1S/C12H17ClN4/c1-2-16-7-9-3-4-10(8-16)17(9)11-5-6-14-12(13)15-11/h5-6,9-10H,2-4,7-8H2,1H3. The Morgan fingerprint density at radius 1 is 1.35 bits per heavy atom. The molecular formula is C12H17ClN4. The summed E-state index contributed by atoms with van der Waals surface area (Å²) >= 11 is 5.88. The molecule has 2 bridgehead atoms. The molecular weight excluding hydrogens is 236 g/mol. The molecule has 92 valence electrons. The Bertz CT molecular complexity index is 397. The number of fused-ring (bicyclic) bond motifs is 2. The summed E-state index contributed by atoms with van der Waals surface area (Å²) in [4.78, 5) is 13.3. The van der Waals surface area contributed by atoms with Gasteiger partial charge in [-0.1, -0.05) is 6.92 Å². The molecule has 0 N–H and O–H groups in total. The minimum absolute atomic E-state index is 0.347. The van der Waals surface area contributed by atoms with E-state index in [4.69, 9.17) is 11.6 Å². The third kappa shape index (κ3) is 2.00. The molecule has 2 saturated heterocycles. The van der Waals surface area contributed by atoms with E-state index in [0.29, 0.717) is 17.4 Å². The van der Waals surface area contributed by atoms with E-state index < -0.39 is 0 Å². The number of anilines is 1. The molecule has 2 fully saturated rings. The molecule has 2 aliphatic heterocycles. The molecule has 0 amide bonds. The van der Waals surface area contributed by atoms with Crippen LogP contribution in [0.2, 0.25) is 5.28 Å². The van der Waals surface area contributed by atoms with E-state index in [2.05, 4.69) is 26.7 Å². The van der Waals surface area contributed by atoms with Gasteiger partial charge in [-0.05, 0) is 37.1 Å². The van der Waals surface area contributed by atoms with Crippen LogP contribution in [-0.4, -0.2) is 46.6 Å². The number of likely N-dealkylation sites (tertiary alicyclic amines) is 1. The number of halogens is 1. The lowest BCUT2D eigenvalue weighted by Crippen LogP contribution is -2.54. The molecule has 3 rings (SSSR count). The Morgan fingerprint density at radius 2 is 2.06 bits per heavy atom. The summed E-state index contributed by atoms with van der Waals surface area (Å²) < 4.78 is 0. The van der Waals surface area contributed by atoms with Crippen molar-refractivity contribution < 1.29 is 0 Å². The summed E-state index contributed by atoms with van der Waals surface area (Å²) in [6.45, 7) is 5.67. The number of piperazine rings is 1. The molecule has 1 aromatic heterocycles. The zero-order chi connectivity index (χ0) is 11.8. The second kappa shape index (κ2) is 4.42. The van der Waals surface area contributed by atoms with Crippen molar-refractivity contribution in [3.8, 4) is 0 Å². The summed E-state index contributed by atoms with van der Waals surface area (Å²) in [5, 5.41) is 0.347. The number of aromatic nitrogens is 2. The molecule has 1 aromatic rings. The lowest BCUT2D eigenvalue weighted by atomic mass is 10.2. The number of nitrogens with zero attached hydrogens (tertiary/aromatic N) is 4. The van der Waals surface area contributed by atoms with Crippen molar-refractivity contribution in [2.75, 3.05) is 24.5 Å². The van der Waals surface area contributed by atoms with Gasteiger partial charge < -0.3 is 4.90 Å². The van der Waals surface area contributed by atoms with Crippen LogP contribution in [0.1, 0.15) is 19.8 Å². The van der Waals surface area contributed by atoms with E-state index in [1.165, 1.54) is 12.8 Å². The first-order valence-corrected chi connectivity index (χ1v) is 6.65. The van der Waals surface area contributed by atoms with Crippen LogP contribution >= 0.6 is 11.6 Å². The van der Waals surface area contributed by atoms with Gasteiger partial charge in [0.15, 0.2) is 0 Å². The SMILES string of the molecule is CCN1CC2CCC(C1)N2c1ccnc(Cl)n1. The smallest absolute Gasteiger partial charge is 0.224 e. The first-order chi connectivity index (χ1) is 8.28. The van der Waals surface area contributed by atoms with Gasteiger partial charge in [-0.15, -0.1) is 0 Å². The van der Waals surface area contributed by atoms with Crippen LogP contribution in [-0.2, 0) is 0 Å². The summed E-state index contributed by atoms with van der Waals surface area (Å²) in [5.41, 5.74) is 0. The molecule has 2 aliphatic rings.